The quantitative estimate of drug-likeness (QED) is 0.0160. The van der Waals surface area contributed by atoms with Crippen LogP contribution in [0.15, 0.2) is 4.99 Å². The molecule has 0 aliphatic rings. The Morgan fingerprint density at radius 3 is 1.51 bits per heavy atom. The number of rotatable bonds is 27. The number of hydrogen-bond acceptors (Lipinski definition) is 13. The lowest BCUT2D eigenvalue weighted by Crippen LogP contribution is -2.62. The van der Waals surface area contributed by atoms with E-state index in [4.69, 9.17) is 22.9 Å². The van der Waals surface area contributed by atoms with Crippen molar-refractivity contribution in [1.29, 1.82) is 0 Å². The largest absolute Gasteiger partial charge is 0.391 e. The van der Waals surface area contributed by atoms with Crippen molar-refractivity contribution in [1.82, 2.24) is 36.8 Å². The van der Waals surface area contributed by atoms with Gasteiger partial charge in [-0.15, -0.1) is 0 Å². The summed E-state index contributed by atoms with van der Waals surface area (Å²) in [5, 5.41) is 35.3. The van der Waals surface area contributed by atoms with E-state index in [1.807, 2.05) is 19.0 Å². The van der Waals surface area contributed by atoms with Gasteiger partial charge in [-0.1, -0.05) is 0 Å². The summed E-state index contributed by atoms with van der Waals surface area (Å²) in [7, 11) is 3.68. The van der Waals surface area contributed by atoms with Crippen LogP contribution >= 0.6 is 0 Å². The van der Waals surface area contributed by atoms with Crippen molar-refractivity contribution in [3.05, 3.63) is 0 Å². The third-order valence-corrected chi connectivity index (χ3v) is 7.98. The summed E-state index contributed by atoms with van der Waals surface area (Å²) in [6.07, 6.45) is -1.98. The molecule has 55 heavy (non-hydrogen) atoms. The minimum Gasteiger partial charge on any atom is -0.391 e. The van der Waals surface area contributed by atoms with Gasteiger partial charge in [-0.05, 0) is 86.9 Å². The van der Waals surface area contributed by atoms with E-state index in [-0.39, 0.29) is 44.6 Å². The number of nitrogens with two attached hydrogens (primary N) is 4. The van der Waals surface area contributed by atoms with E-state index in [0.717, 1.165) is 0 Å². The highest BCUT2D eigenvalue weighted by Gasteiger charge is 2.35. The molecule has 16 N–H and O–H groups in total. The number of nitrogens with zero attached hydrogens (tertiary/aromatic N) is 2. The van der Waals surface area contributed by atoms with E-state index in [0.29, 0.717) is 25.7 Å². The zero-order valence-corrected chi connectivity index (χ0v) is 32.5. The molecular formula is C33H62N12O10. The van der Waals surface area contributed by atoms with Gasteiger partial charge >= 0.3 is 0 Å². The smallest absolute Gasteiger partial charge is 0.245 e. The maximum absolute atomic E-state index is 13.8. The summed E-state index contributed by atoms with van der Waals surface area (Å²) in [4.78, 5) is 108. The van der Waals surface area contributed by atoms with Crippen LogP contribution in [0.25, 0.3) is 0 Å². The van der Waals surface area contributed by atoms with Crippen LogP contribution in [-0.4, -0.2) is 150 Å². The Bertz CT molecular complexity index is 1320. The van der Waals surface area contributed by atoms with Gasteiger partial charge in [-0.2, -0.15) is 0 Å². The number of aliphatic hydroxyl groups is 2. The van der Waals surface area contributed by atoms with E-state index < -0.39 is 95.9 Å². The van der Waals surface area contributed by atoms with Crippen LogP contribution in [0, 0.1) is 0 Å². The zero-order valence-electron chi connectivity index (χ0n) is 32.5. The molecular weight excluding hydrogens is 724 g/mol. The van der Waals surface area contributed by atoms with Crippen molar-refractivity contribution >= 4 is 53.6 Å². The first-order valence-corrected chi connectivity index (χ1v) is 18.0. The summed E-state index contributed by atoms with van der Waals surface area (Å²) in [5.41, 5.74) is 21.6. The Labute approximate surface area is 321 Å². The van der Waals surface area contributed by atoms with Crippen LogP contribution in [-0.2, 0) is 38.4 Å². The highest BCUT2D eigenvalue weighted by atomic mass is 16.3. The van der Waals surface area contributed by atoms with Crippen LogP contribution in [0.3, 0.4) is 0 Å². The van der Waals surface area contributed by atoms with Crippen LogP contribution in [0.5, 0.6) is 0 Å². The molecule has 22 heteroatoms. The van der Waals surface area contributed by atoms with Crippen molar-refractivity contribution in [2.24, 2.45) is 27.9 Å². The fourth-order valence-electron chi connectivity index (χ4n) is 4.88. The van der Waals surface area contributed by atoms with Gasteiger partial charge in [-0.25, -0.2) is 0 Å². The maximum Gasteiger partial charge on any atom is 0.245 e. The molecule has 0 unspecified atom stereocenters. The molecule has 0 aliphatic heterocycles. The van der Waals surface area contributed by atoms with Gasteiger partial charge in [0, 0.05) is 13.0 Å². The number of hydrogen-bond donors (Lipinski definition) is 12. The van der Waals surface area contributed by atoms with Crippen LogP contribution < -0.4 is 54.8 Å². The molecule has 22 nitrogen and oxygen atoms in total. The molecule has 9 atom stereocenters. The number of amides is 7. The van der Waals surface area contributed by atoms with Crippen LogP contribution in [0.1, 0.15) is 72.6 Å². The second kappa shape index (κ2) is 26.0. The predicted molar refractivity (Wildman–Crippen MR) is 201 cm³/mol. The molecule has 0 saturated heterocycles. The lowest BCUT2D eigenvalue weighted by atomic mass is 10.0. The van der Waals surface area contributed by atoms with Crippen molar-refractivity contribution in [3.63, 3.8) is 0 Å². The Balaban J connectivity index is 6.37. The molecule has 0 bridgehead atoms. The molecule has 0 aromatic heterocycles. The minimum absolute atomic E-state index is 0.0224. The molecule has 0 spiro atoms. The first-order chi connectivity index (χ1) is 25.6. The molecule has 0 aromatic rings. The maximum atomic E-state index is 13.8. The summed E-state index contributed by atoms with van der Waals surface area (Å²) in [6, 6.07) is -9.19. The van der Waals surface area contributed by atoms with Gasteiger partial charge < -0.3 is 74.7 Å². The zero-order chi connectivity index (χ0) is 42.4. The van der Waals surface area contributed by atoms with E-state index in [1.165, 1.54) is 27.7 Å². The molecule has 0 fully saturated rings. The number of nitrogens with one attached hydrogen (secondary N) is 6. The third kappa shape index (κ3) is 20.9. The average molecular weight is 787 g/mol. The van der Waals surface area contributed by atoms with E-state index >= 15 is 0 Å². The monoisotopic (exact) mass is 786 g/mol. The number of carbonyl (C=O) groups is 8. The summed E-state index contributed by atoms with van der Waals surface area (Å²) < 4.78 is 0. The standard InChI is InChI=1S/C33H62N12O10/c1-17(16-46)39-31(54)25(19(3)47)43-30(53)23(12-13-24(35)49)41-28(51)21(10-7-8-15-45(5)6)42-32(55)26(20(4)48)44-29(52)22(40-27(50)18(2)34)11-9-14-38-33(36)37/h16-23,25-26,47-48H,7-15,34H2,1-6H3,(H2,35,49)(H,39,54)(H,40,50)(H,41,51)(H,42,55)(H,43,53)(H,44,52)(H4,36,37,38)/t17-,18-,19+,20+,21-,22-,23-,25-,26-/m0/s1. The highest BCUT2D eigenvalue weighted by molar-refractivity contribution is 5.97. The number of aliphatic hydroxyl groups excluding tert-OH is 2. The number of guanidine groups is 1. The summed E-state index contributed by atoms with van der Waals surface area (Å²) in [5.74, 6) is -6.27. The molecule has 0 heterocycles. The normalized spacial score (nSPS) is 16.0. The van der Waals surface area contributed by atoms with Gasteiger partial charge in [0.1, 0.15) is 36.5 Å². The van der Waals surface area contributed by atoms with E-state index in [1.54, 1.807) is 0 Å². The molecule has 0 aliphatic carbocycles. The fraction of sp³-hybridized carbons (Fsp3) is 0.727. The molecule has 7 amide bonds. The number of carbonyl (C=O) groups excluding carboxylic acids is 8. The predicted octanol–water partition coefficient (Wildman–Crippen LogP) is -5.73. The van der Waals surface area contributed by atoms with E-state index in [2.05, 4.69) is 36.9 Å². The average Bonchev–Trinajstić information content (AvgIpc) is 3.08. The second-order valence-corrected chi connectivity index (χ2v) is 13.6. The van der Waals surface area contributed by atoms with Gasteiger partial charge in [-0.3, -0.25) is 38.6 Å². The topological polar surface area (TPSA) is 369 Å². The molecule has 0 rings (SSSR count). The van der Waals surface area contributed by atoms with Gasteiger partial charge in [0.2, 0.25) is 41.4 Å². The Hall–Kier alpha value is -4.93. The summed E-state index contributed by atoms with van der Waals surface area (Å²) in [6.45, 7) is 5.96. The Morgan fingerprint density at radius 1 is 0.636 bits per heavy atom. The molecule has 0 radical (unpaired) electrons. The Morgan fingerprint density at radius 2 is 1.07 bits per heavy atom. The number of aliphatic imine (C=N–C) groups is 1. The second-order valence-electron chi connectivity index (χ2n) is 13.6. The van der Waals surface area contributed by atoms with Gasteiger partial charge in [0.25, 0.3) is 0 Å². The van der Waals surface area contributed by atoms with Crippen LogP contribution in [0.4, 0.5) is 0 Å². The van der Waals surface area contributed by atoms with Crippen molar-refractivity contribution in [2.45, 2.75) is 127 Å². The minimum atomic E-state index is -1.63. The third-order valence-electron chi connectivity index (χ3n) is 7.98. The first-order valence-electron chi connectivity index (χ1n) is 18.0. The van der Waals surface area contributed by atoms with Gasteiger partial charge in [0.15, 0.2) is 5.96 Å². The number of aldehydes is 1. The first kappa shape index (κ1) is 50.1. The fourth-order valence-corrected chi connectivity index (χ4v) is 4.88. The highest BCUT2D eigenvalue weighted by Crippen LogP contribution is 2.08. The lowest BCUT2D eigenvalue weighted by Gasteiger charge is -2.28. The van der Waals surface area contributed by atoms with E-state index in [9.17, 15) is 48.6 Å². The van der Waals surface area contributed by atoms with Crippen molar-refractivity contribution in [3.8, 4) is 0 Å². The van der Waals surface area contributed by atoms with Crippen molar-refractivity contribution < 1.29 is 48.6 Å². The van der Waals surface area contributed by atoms with Crippen molar-refractivity contribution in [2.75, 3.05) is 27.2 Å². The summed E-state index contributed by atoms with van der Waals surface area (Å²) >= 11 is 0. The lowest BCUT2D eigenvalue weighted by molar-refractivity contribution is -0.137. The molecule has 314 valence electrons. The Kier molecular flexibility index (Phi) is 23.6. The van der Waals surface area contributed by atoms with Gasteiger partial charge in [0.05, 0.1) is 24.3 Å². The number of unbranched alkanes of at least 4 members (excludes halogenated alkanes) is 1. The SMILES string of the molecule is C[C@H](N)C(=O)N[C@@H](CCCN=C(N)N)C(=O)N[C@H](C(=O)N[C@@H](CCCCN(C)C)C(=O)N[C@@H](CCC(N)=O)C(=O)N[C@H](C(=O)N[C@@H](C)C=O)[C@@H](C)O)[C@@H](C)O. The molecule has 0 saturated carbocycles. The molecule has 0 aromatic carbocycles. The number of primary amides is 1. The van der Waals surface area contributed by atoms with Crippen LogP contribution in [0.2, 0.25) is 0 Å².